The molecule has 2 rings (SSSR count). The van der Waals surface area contributed by atoms with E-state index in [1.807, 2.05) is 0 Å². The van der Waals surface area contributed by atoms with E-state index in [0.717, 1.165) is 24.8 Å². The highest BCUT2D eigenvalue weighted by Gasteiger charge is 2.30. The third kappa shape index (κ3) is 2.95. The summed E-state index contributed by atoms with van der Waals surface area (Å²) in [7, 11) is 1.64. The second-order valence-corrected chi connectivity index (χ2v) is 5.32. The van der Waals surface area contributed by atoms with Gasteiger partial charge in [0.05, 0.1) is 17.7 Å². The summed E-state index contributed by atoms with van der Waals surface area (Å²) in [5.74, 6) is -0.856. The number of nitrogens with zero attached hydrogens (tertiary/aromatic N) is 1. The van der Waals surface area contributed by atoms with Gasteiger partial charge in [0.15, 0.2) is 0 Å². The first kappa shape index (κ1) is 14.0. The van der Waals surface area contributed by atoms with Gasteiger partial charge in [0.25, 0.3) is 5.91 Å². The van der Waals surface area contributed by atoms with Crippen LogP contribution in [0.2, 0.25) is 0 Å². The van der Waals surface area contributed by atoms with Crippen molar-refractivity contribution in [2.24, 2.45) is 0 Å². The van der Waals surface area contributed by atoms with Gasteiger partial charge >= 0.3 is 0 Å². The smallest absolute Gasteiger partial charge is 0.256 e. The summed E-state index contributed by atoms with van der Waals surface area (Å²) >= 11 is 0. The minimum atomic E-state index is -0.504. The Bertz CT molecular complexity index is 475. The maximum absolute atomic E-state index is 13.8. The lowest BCUT2D eigenvalue weighted by Crippen LogP contribution is -2.46. The molecular weight excluding hydrogens is 245 g/mol. The van der Waals surface area contributed by atoms with Crippen LogP contribution >= 0.6 is 0 Å². The van der Waals surface area contributed by atoms with Gasteiger partial charge in [-0.15, -0.1) is 0 Å². The van der Waals surface area contributed by atoms with Crippen molar-refractivity contribution in [1.82, 2.24) is 4.90 Å². The molecule has 1 amide bonds. The van der Waals surface area contributed by atoms with E-state index >= 15 is 0 Å². The van der Waals surface area contributed by atoms with Crippen molar-refractivity contribution in [3.8, 4) is 0 Å². The Balaban J connectivity index is 2.18. The van der Waals surface area contributed by atoms with Crippen molar-refractivity contribution in [2.45, 2.75) is 44.8 Å². The molecule has 4 heteroatoms. The molecule has 1 saturated carbocycles. The summed E-state index contributed by atoms with van der Waals surface area (Å²) in [5, 5.41) is 9.96. The Morgan fingerprint density at radius 2 is 2.05 bits per heavy atom. The molecule has 0 saturated heterocycles. The first-order valence-corrected chi connectivity index (χ1v) is 6.72. The molecule has 1 fully saturated rings. The molecule has 1 aliphatic carbocycles. The third-order valence-corrected chi connectivity index (χ3v) is 3.87. The van der Waals surface area contributed by atoms with E-state index in [-0.39, 0.29) is 17.5 Å². The lowest BCUT2D eigenvalue weighted by molar-refractivity contribution is 0.0265. The zero-order chi connectivity index (χ0) is 14.0. The molecule has 104 valence electrons. The summed E-state index contributed by atoms with van der Waals surface area (Å²) in [6.07, 6.45) is 2.96. The Morgan fingerprint density at radius 3 is 2.68 bits per heavy atom. The van der Waals surface area contributed by atoms with E-state index in [1.54, 1.807) is 20.0 Å². The highest BCUT2D eigenvalue weighted by atomic mass is 19.1. The van der Waals surface area contributed by atoms with Gasteiger partial charge in [0.1, 0.15) is 5.82 Å². The molecule has 2 atom stereocenters. The van der Waals surface area contributed by atoms with Crippen molar-refractivity contribution in [1.29, 1.82) is 0 Å². The van der Waals surface area contributed by atoms with Crippen LogP contribution in [0.5, 0.6) is 0 Å². The number of amides is 1. The van der Waals surface area contributed by atoms with Crippen molar-refractivity contribution in [3.63, 3.8) is 0 Å². The fourth-order valence-corrected chi connectivity index (χ4v) is 2.68. The summed E-state index contributed by atoms with van der Waals surface area (Å²) in [5.41, 5.74) is 0.861. The predicted octanol–water partition coefficient (Wildman–Crippen LogP) is 2.51. The van der Waals surface area contributed by atoms with Gasteiger partial charge in [-0.2, -0.15) is 0 Å². The van der Waals surface area contributed by atoms with E-state index in [2.05, 4.69) is 0 Å². The first-order chi connectivity index (χ1) is 9.00. The topological polar surface area (TPSA) is 40.5 Å². The Hall–Kier alpha value is -1.42. The van der Waals surface area contributed by atoms with Crippen LogP contribution in [0.25, 0.3) is 0 Å². The number of hydrogen-bond acceptors (Lipinski definition) is 2. The second-order valence-electron chi connectivity index (χ2n) is 5.32. The van der Waals surface area contributed by atoms with Gasteiger partial charge in [-0.05, 0) is 37.5 Å². The van der Waals surface area contributed by atoms with Gasteiger partial charge in [-0.1, -0.05) is 18.9 Å². The Labute approximate surface area is 113 Å². The van der Waals surface area contributed by atoms with E-state index < -0.39 is 11.9 Å². The van der Waals surface area contributed by atoms with Crippen LogP contribution in [0.3, 0.4) is 0 Å². The van der Waals surface area contributed by atoms with Crippen LogP contribution < -0.4 is 0 Å². The number of halogens is 1. The highest BCUT2D eigenvalue weighted by molar-refractivity contribution is 5.94. The number of aliphatic hydroxyl groups is 1. The largest absolute Gasteiger partial charge is 0.391 e. The number of aryl methyl sites for hydroxylation is 1. The van der Waals surface area contributed by atoms with Crippen molar-refractivity contribution < 1.29 is 14.3 Å². The van der Waals surface area contributed by atoms with E-state index in [1.165, 1.54) is 17.0 Å². The van der Waals surface area contributed by atoms with Crippen molar-refractivity contribution in [3.05, 3.63) is 35.1 Å². The zero-order valence-corrected chi connectivity index (χ0v) is 11.4. The molecule has 0 heterocycles. The minimum Gasteiger partial charge on any atom is -0.391 e. The Morgan fingerprint density at radius 1 is 1.37 bits per heavy atom. The summed E-state index contributed by atoms with van der Waals surface area (Å²) in [6.45, 7) is 1.78. The Kier molecular flexibility index (Phi) is 4.20. The summed E-state index contributed by atoms with van der Waals surface area (Å²) in [4.78, 5) is 13.8. The molecule has 1 aromatic carbocycles. The van der Waals surface area contributed by atoms with Gasteiger partial charge in [0, 0.05) is 7.05 Å². The molecule has 1 aliphatic rings. The van der Waals surface area contributed by atoms with Crippen LogP contribution in [0.4, 0.5) is 4.39 Å². The zero-order valence-electron chi connectivity index (χ0n) is 11.4. The van der Waals surface area contributed by atoms with E-state index in [9.17, 15) is 14.3 Å². The molecule has 2 unspecified atom stereocenters. The molecule has 1 aromatic rings. The van der Waals surface area contributed by atoms with Crippen molar-refractivity contribution >= 4 is 5.91 Å². The quantitative estimate of drug-likeness (QED) is 0.892. The van der Waals surface area contributed by atoms with Gasteiger partial charge in [-0.25, -0.2) is 4.39 Å². The molecule has 0 spiro atoms. The molecule has 0 aliphatic heterocycles. The highest BCUT2D eigenvalue weighted by Crippen LogP contribution is 2.24. The van der Waals surface area contributed by atoms with Gasteiger partial charge in [0.2, 0.25) is 0 Å². The molecule has 19 heavy (non-hydrogen) atoms. The summed E-state index contributed by atoms with van der Waals surface area (Å²) < 4.78 is 13.8. The van der Waals surface area contributed by atoms with Gasteiger partial charge in [-0.3, -0.25) is 4.79 Å². The average Bonchev–Trinajstić information content (AvgIpc) is 2.38. The van der Waals surface area contributed by atoms with Crippen LogP contribution in [-0.4, -0.2) is 35.1 Å². The van der Waals surface area contributed by atoms with Crippen LogP contribution in [-0.2, 0) is 0 Å². The number of likely N-dealkylation sites (N-methyl/N-ethyl adjacent to an activating group) is 1. The summed E-state index contributed by atoms with van der Waals surface area (Å²) in [6, 6.07) is 4.39. The van der Waals surface area contributed by atoms with E-state index in [4.69, 9.17) is 0 Å². The average molecular weight is 265 g/mol. The van der Waals surface area contributed by atoms with Crippen LogP contribution in [0, 0.1) is 12.7 Å². The number of hydrogen-bond donors (Lipinski definition) is 1. The monoisotopic (exact) mass is 265 g/mol. The first-order valence-electron chi connectivity index (χ1n) is 6.72. The molecule has 3 nitrogen and oxygen atoms in total. The fraction of sp³-hybridized carbons (Fsp3) is 0.533. The van der Waals surface area contributed by atoms with Crippen molar-refractivity contribution in [2.75, 3.05) is 7.05 Å². The number of rotatable bonds is 2. The number of carbonyl (C=O) groups is 1. The predicted molar refractivity (Wildman–Crippen MR) is 71.5 cm³/mol. The molecule has 0 radical (unpaired) electrons. The van der Waals surface area contributed by atoms with Gasteiger partial charge < -0.3 is 10.0 Å². The maximum atomic E-state index is 13.8. The lowest BCUT2D eigenvalue weighted by Gasteiger charge is -2.35. The number of benzene rings is 1. The molecular formula is C15H20FNO2. The molecule has 0 bridgehead atoms. The fourth-order valence-electron chi connectivity index (χ4n) is 2.68. The second kappa shape index (κ2) is 5.70. The van der Waals surface area contributed by atoms with Crippen LogP contribution in [0.15, 0.2) is 18.2 Å². The van der Waals surface area contributed by atoms with Crippen LogP contribution in [0.1, 0.15) is 41.6 Å². The van der Waals surface area contributed by atoms with E-state index in [0.29, 0.717) is 6.42 Å². The maximum Gasteiger partial charge on any atom is 0.256 e. The minimum absolute atomic E-state index is 0.0749. The molecule has 0 aromatic heterocycles. The third-order valence-electron chi connectivity index (χ3n) is 3.87. The number of carbonyl (C=O) groups excluding carboxylic acids is 1. The normalized spacial score (nSPS) is 23.2. The lowest BCUT2D eigenvalue weighted by atomic mass is 9.91. The standard InChI is InChI=1S/C15H20FNO2/c1-10-7-8-11(12(16)9-10)15(19)17(2)13-5-3-4-6-14(13)18/h7-9,13-14,18H,3-6H2,1-2H3. The SMILES string of the molecule is Cc1ccc(C(=O)N(C)C2CCCCC2O)c(F)c1. The molecule has 1 N–H and O–H groups in total. The number of aliphatic hydroxyl groups excluding tert-OH is 1.